The Labute approximate surface area is 150 Å². The third-order valence-electron chi connectivity index (χ3n) is 4.66. The lowest BCUT2D eigenvalue weighted by Gasteiger charge is -2.07. The van der Waals surface area contributed by atoms with Crippen LogP contribution in [0.3, 0.4) is 0 Å². The Hall–Kier alpha value is -2.59. The highest BCUT2D eigenvalue weighted by Gasteiger charge is 2.21. The normalized spacial score (nSPS) is 15.1. The van der Waals surface area contributed by atoms with E-state index >= 15 is 0 Å². The van der Waals surface area contributed by atoms with E-state index in [-0.39, 0.29) is 5.56 Å². The van der Waals surface area contributed by atoms with Crippen molar-refractivity contribution in [2.24, 2.45) is 0 Å². The molecule has 5 heteroatoms. The summed E-state index contributed by atoms with van der Waals surface area (Å²) in [5.74, 6) is 1.02. The van der Waals surface area contributed by atoms with Gasteiger partial charge in [-0.05, 0) is 78.9 Å². The fourth-order valence-corrected chi connectivity index (χ4v) is 3.57. The van der Waals surface area contributed by atoms with Crippen LogP contribution in [0, 0.1) is 13.8 Å². The highest BCUT2D eigenvalue weighted by atomic mass is 35.5. The predicted octanol–water partition coefficient (Wildman–Crippen LogP) is 4.32. The van der Waals surface area contributed by atoms with Crippen molar-refractivity contribution in [3.63, 3.8) is 0 Å². The Bertz CT molecular complexity index is 1090. The van der Waals surface area contributed by atoms with Gasteiger partial charge in [0.05, 0.1) is 10.9 Å². The molecule has 126 valence electrons. The first kappa shape index (κ1) is 15.9. The lowest BCUT2D eigenvalue weighted by atomic mass is 10.0. The summed E-state index contributed by atoms with van der Waals surface area (Å²) in [4.78, 5) is 17.4. The van der Waals surface area contributed by atoms with E-state index in [9.17, 15) is 9.90 Å². The van der Waals surface area contributed by atoms with E-state index in [4.69, 9.17) is 11.6 Å². The number of phenols is 1. The van der Waals surface area contributed by atoms with Crippen molar-refractivity contribution >= 4 is 34.2 Å². The molecule has 1 aliphatic rings. The SMILES string of the molecule is Cc1cc(/C=C2\CCn3c2nc2cc(Cl)ccc2c3=O)cc(C)c1O. The number of fused-ring (bicyclic) bond motifs is 2. The average molecular weight is 353 g/mol. The first-order valence-electron chi connectivity index (χ1n) is 8.15. The zero-order valence-corrected chi connectivity index (χ0v) is 14.8. The lowest BCUT2D eigenvalue weighted by molar-refractivity contribution is 0.467. The maximum absolute atomic E-state index is 12.7. The van der Waals surface area contributed by atoms with E-state index in [2.05, 4.69) is 4.98 Å². The second-order valence-electron chi connectivity index (χ2n) is 6.48. The molecule has 0 saturated carbocycles. The van der Waals surface area contributed by atoms with E-state index in [1.807, 2.05) is 32.1 Å². The fraction of sp³-hybridized carbons (Fsp3) is 0.200. The van der Waals surface area contributed by atoms with Crippen LogP contribution in [-0.4, -0.2) is 14.7 Å². The van der Waals surface area contributed by atoms with E-state index in [0.717, 1.165) is 28.7 Å². The third-order valence-corrected chi connectivity index (χ3v) is 4.90. The molecule has 0 fully saturated rings. The molecular weight excluding hydrogens is 336 g/mol. The van der Waals surface area contributed by atoms with Crippen LogP contribution >= 0.6 is 11.6 Å². The predicted molar refractivity (Wildman–Crippen MR) is 101 cm³/mol. The van der Waals surface area contributed by atoms with Gasteiger partial charge in [0.2, 0.25) is 0 Å². The number of aromatic nitrogens is 2. The van der Waals surface area contributed by atoms with Gasteiger partial charge in [-0.15, -0.1) is 0 Å². The second kappa shape index (κ2) is 5.74. The zero-order chi connectivity index (χ0) is 17.7. The molecule has 1 N–H and O–H groups in total. The van der Waals surface area contributed by atoms with Crippen LogP contribution in [-0.2, 0) is 6.54 Å². The van der Waals surface area contributed by atoms with Crippen LogP contribution < -0.4 is 5.56 Å². The molecule has 0 spiro atoms. The topological polar surface area (TPSA) is 55.1 Å². The van der Waals surface area contributed by atoms with Crippen molar-refractivity contribution in [1.82, 2.24) is 9.55 Å². The molecule has 0 unspecified atom stereocenters. The summed E-state index contributed by atoms with van der Waals surface area (Å²) in [5, 5.41) is 11.1. The van der Waals surface area contributed by atoms with Gasteiger partial charge in [0.25, 0.3) is 5.56 Å². The number of nitrogens with zero attached hydrogens (tertiary/aromatic N) is 2. The number of hydrogen-bond donors (Lipinski definition) is 1. The first-order valence-corrected chi connectivity index (χ1v) is 8.53. The molecular formula is C20H17ClN2O2. The molecule has 4 nitrogen and oxygen atoms in total. The fourth-order valence-electron chi connectivity index (χ4n) is 3.40. The number of aromatic hydroxyl groups is 1. The minimum absolute atomic E-state index is 0.0295. The van der Waals surface area contributed by atoms with Gasteiger partial charge < -0.3 is 5.11 Å². The molecule has 1 aromatic heterocycles. The van der Waals surface area contributed by atoms with E-state index in [1.54, 1.807) is 22.8 Å². The van der Waals surface area contributed by atoms with Crippen molar-refractivity contribution in [2.75, 3.05) is 0 Å². The molecule has 3 aromatic rings. The molecule has 0 atom stereocenters. The zero-order valence-electron chi connectivity index (χ0n) is 14.0. The number of hydrogen-bond acceptors (Lipinski definition) is 3. The minimum Gasteiger partial charge on any atom is -0.507 e. The van der Waals surface area contributed by atoms with Crippen LogP contribution in [0.2, 0.25) is 5.02 Å². The molecule has 0 saturated heterocycles. The van der Waals surface area contributed by atoms with Crippen LogP contribution in [0.15, 0.2) is 35.1 Å². The summed E-state index contributed by atoms with van der Waals surface area (Å²) in [5.41, 5.74) is 4.27. The highest BCUT2D eigenvalue weighted by Crippen LogP contribution is 2.30. The number of aryl methyl sites for hydroxylation is 2. The Kier molecular flexibility index (Phi) is 3.65. The number of rotatable bonds is 1. The van der Waals surface area contributed by atoms with Gasteiger partial charge in [-0.3, -0.25) is 9.36 Å². The molecule has 0 aliphatic carbocycles. The summed E-state index contributed by atoms with van der Waals surface area (Å²) < 4.78 is 1.72. The lowest BCUT2D eigenvalue weighted by Crippen LogP contribution is -2.20. The molecule has 0 bridgehead atoms. The molecule has 0 amide bonds. The van der Waals surface area contributed by atoms with Gasteiger partial charge in [0, 0.05) is 11.6 Å². The van der Waals surface area contributed by atoms with Crippen molar-refractivity contribution < 1.29 is 5.11 Å². The summed E-state index contributed by atoms with van der Waals surface area (Å²) in [6.45, 7) is 4.39. The van der Waals surface area contributed by atoms with Crippen LogP contribution in [0.4, 0.5) is 0 Å². The van der Waals surface area contributed by atoms with Gasteiger partial charge >= 0.3 is 0 Å². The monoisotopic (exact) mass is 352 g/mol. The molecule has 1 aliphatic heterocycles. The Balaban J connectivity index is 1.89. The first-order chi connectivity index (χ1) is 11.9. The van der Waals surface area contributed by atoms with Gasteiger partial charge in [-0.1, -0.05) is 11.6 Å². The summed E-state index contributed by atoms with van der Waals surface area (Å²) in [6.07, 6.45) is 2.80. The maximum Gasteiger partial charge on any atom is 0.261 e. The maximum atomic E-state index is 12.7. The van der Waals surface area contributed by atoms with Gasteiger partial charge in [-0.25, -0.2) is 4.98 Å². The number of halogens is 1. The number of allylic oxidation sites excluding steroid dienone is 1. The van der Waals surface area contributed by atoms with Crippen molar-refractivity contribution in [3.05, 3.63) is 68.2 Å². The highest BCUT2D eigenvalue weighted by molar-refractivity contribution is 6.31. The van der Waals surface area contributed by atoms with Gasteiger partial charge in [0.15, 0.2) is 0 Å². The third kappa shape index (κ3) is 2.63. The average Bonchev–Trinajstić information content (AvgIpc) is 2.95. The summed E-state index contributed by atoms with van der Waals surface area (Å²) in [7, 11) is 0. The van der Waals surface area contributed by atoms with Crippen molar-refractivity contribution in [3.8, 4) is 5.75 Å². The van der Waals surface area contributed by atoms with Gasteiger partial charge in [0.1, 0.15) is 11.6 Å². The van der Waals surface area contributed by atoms with E-state index in [1.165, 1.54) is 0 Å². The van der Waals surface area contributed by atoms with E-state index < -0.39 is 0 Å². The van der Waals surface area contributed by atoms with Crippen LogP contribution in [0.5, 0.6) is 5.75 Å². The molecule has 2 heterocycles. The summed E-state index contributed by atoms with van der Waals surface area (Å²) in [6, 6.07) is 9.05. The number of benzene rings is 2. The standard InChI is InChI=1S/C20H17ClN2O2/c1-11-7-13(8-12(2)18(11)24)9-14-5-6-23-19(14)22-17-10-15(21)3-4-16(17)20(23)25/h3-4,7-10,24H,5-6H2,1-2H3/b14-9+. The Morgan fingerprint density at radius 1 is 1.20 bits per heavy atom. The summed E-state index contributed by atoms with van der Waals surface area (Å²) >= 11 is 6.05. The Morgan fingerprint density at radius 2 is 1.92 bits per heavy atom. The molecule has 0 radical (unpaired) electrons. The van der Waals surface area contributed by atoms with Crippen LogP contribution in [0.1, 0.15) is 28.9 Å². The minimum atomic E-state index is -0.0295. The molecule has 4 rings (SSSR count). The Morgan fingerprint density at radius 3 is 2.64 bits per heavy atom. The largest absolute Gasteiger partial charge is 0.507 e. The second-order valence-corrected chi connectivity index (χ2v) is 6.91. The quantitative estimate of drug-likeness (QED) is 0.709. The number of phenolic OH excluding ortho intramolecular Hbond substituents is 1. The smallest absolute Gasteiger partial charge is 0.261 e. The van der Waals surface area contributed by atoms with Crippen molar-refractivity contribution in [1.29, 1.82) is 0 Å². The van der Waals surface area contributed by atoms with Gasteiger partial charge in [-0.2, -0.15) is 0 Å². The van der Waals surface area contributed by atoms with Crippen molar-refractivity contribution in [2.45, 2.75) is 26.8 Å². The molecule has 25 heavy (non-hydrogen) atoms. The van der Waals surface area contributed by atoms with E-state index in [0.29, 0.717) is 34.0 Å². The molecule has 2 aromatic carbocycles. The van der Waals surface area contributed by atoms with Crippen LogP contribution in [0.25, 0.3) is 22.6 Å².